The zero-order chi connectivity index (χ0) is 16.7. The van der Waals surface area contributed by atoms with Gasteiger partial charge in [-0.15, -0.1) is 0 Å². The van der Waals surface area contributed by atoms with Crippen molar-refractivity contribution in [2.45, 2.75) is 25.9 Å². The first-order valence-electron chi connectivity index (χ1n) is 7.94. The minimum Gasteiger partial charge on any atom is -0.481 e. The highest BCUT2D eigenvalue weighted by Gasteiger charge is 2.33. The van der Waals surface area contributed by atoms with Crippen molar-refractivity contribution >= 4 is 5.91 Å². The fourth-order valence-corrected chi connectivity index (χ4v) is 2.82. The summed E-state index contributed by atoms with van der Waals surface area (Å²) in [6.07, 6.45) is 1.30. The zero-order valence-corrected chi connectivity index (χ0v) is 13.7. The van der Waals surface area contributed by atoms with Gasteiger partial charge in [0.2, 0.25) is 0 Å². The number of halogens is 1. The Balaban J connectivity index is 1.85. The largest absolute Gasteiger partial charge is 0.481 e. The lowest BCUT2D eigenvalue weighted by atomic mass is 9.79. The second-order valence-electron chi connectivity index (χ2n) is 6.11. The standard InChI is InChI=1S/C17H25FN2O3/c1-13(23-15-5-3-14(18)4-6-15)16(21)20-11-17(12-22-2)7-9-19-10-8-17/h3-6,13,19H,7-12H2,1-2H3,(H,20,21). The number of nitrogens with one attached hydrogen (secondary N) is 2. The van der Waals surface area contributed by atoms with Crippen molar-refractivity contribution < 1.29 is 18.7 Å². The molecule has 0 spiro atoms. The van der Waals surface area contributed by atoms with Crippen LogP contribution in [0.4, 0.5) is 4.39 Å². The monoisotopic (exact) mass is 324 g/mol. The molecule has 1 aliphatic heterocycles. The molecular weight excluding hydrogens is 299 g/mol. The highest BCUT2D eigenvalue weighted by molar-refractivity contribution is 5.80. The van der Waals surface area contributed by atoms with Gasteiger partial charge >= 0.3 is 0 Å². The molecule has 1 unspecified atom stereocenters. The van der Waals surface area contributed by atoms with Crippen LogP contribution >= 0.6 is 0 Å². The third-order valence-electron chi connectivity index (χ3n) is 4.25. The topological polar surface area (TPSA) is 59.6 Å². The second kappa shape index (κ2) is 8.26. The van der Waals surface area contributed by atoms with Crippen LogP contribution in [-0.4, -0.2) is 45.4 Å². The molecule has 0 saturated carbocycles. The molecule has 1 aliphatic rings. The SMILES string of the molecule is COCC1(CNC(=O)C(C)Oc2ccc(F)cc2)CCNCC1. The molecule has 1 fully saturated rings. The Morgan fingerprint density at radius 1 is 1.35 bits per heavy atom. The number of piperidine rings is 1. The maximum Gasteiger partial charge on any atom is 0.260 e. The van der Waals surface area contributed by atoms with E-state index >= 15 is 0 Å². The molecule has 128 valence electrons. The van der Waals surface area contributed by atoms with Crippen LogP contribution in [0.15, 0.2) is 24.3 Å². The van der Waals surface area contributed by atoms with Gasteiger partial charge in [0.05, 0.1) is 6.61 Å². The smallest absolute Gasteiger partial charge is 0.260 e. The maximum atomic E-state index is 12.9. The number of rotatable bonds is 7. The summed E-state index contributed by atoms with van der Waals surface area (Å²) in [5, 5.41) is 6.29. The third kappa shape index (κ3) is 5.18. The Hall–Kier alpha value is -1.66. The summed E-state index contributed by atoms with van der Waals surface area (Å²) in [5.41, 5.74) is -0.0226. The molecular formula is C17H25FN2O3. The first-order chi connectivity index (χ1) is 11.0. The van der Waals surface area contributed by atoms with Crippen molar-refractivity contribution in [3.8, 4) is 5.75 Å². The van der Waals surface area contributed by atoms with Crippen LogP contribution in [0.25, 0.3) is 0 Å². The van der Waals surface area contributed by atoms with Gasteiger partial charge in [-0.05, 0) is 57.1 Å². The molecule has 1 heterocycles. The fraction of sp³-hybridized carbons (Fsp3) is 0.588. The number of carbonyl (C=O) groups excluding carboxylic acids is 1. The van der Waals surface area contributed by atoms with Gasteiger partial charge in [-0.3, -0.25) is 4.79 Å². The maximum absolute atomic E-state index is 12.9. The number of hydrogen-bond acceptors (Lipinski definition) is 4. The lowest BCUT2D eigenvalue weighted by Gasteiger charge is -2.37. The van der Waals surface area contributed by atoms with E-state index in [4.69, 9.17) is 9.47 Å². The molecule has 2 rings (SSSR count). The van der Waals surface area contributed by atoms with Crippen LogP contribution in [0.3, 0.4) is 0 Å². The molecule has 2 N–H and O–H groups in total. The van der Waals surface area contributed by atoms with E-state index in [0.29, 0.717) is 18.9 Å². The Kier molecular flexibility index (Phi) is 6.36. The zero-order valence-electron chi connectivity index (χ0n) is 13.7. The van der Waals surface area contributed by atoms with Gasteiger partial charge in [-0.1, -0.05) is 0 Å². The van der Waals surface area contributed by atoms with Gasteiger partial charge in [0, 0.05) is 19.1 Å². The molecule has 0 bridgehead atoms. The molecule has 6 heteroatoms. The second-order valence-corrected chi connectivity index (χ2v) is 6.11. The van der Waals surface area contributed by atoms with E-state index in [2.05, 4.69) is 10.6 Å². The van der Waals surface area contributed by atoms with Gasteiger partial charge in [-0.25, -0.2) is 4.39 Å². The highest BCUT2D eigenvalue weighted by Crippen LogP contribution is 2.28. The normalized spacial score (nSPS) is 18.2. The van der Waals surface area contributed by atoms with Crippen molar-refractivity contribution in [3.05, 3.63) is 30.1 Å². The molecule has 5 nitrogen and oxygen atoms in total. The Labute approximate surface area is 136 Å². The van der Waals surface area contributed by atoms with Gasteiger partial charge in [0.25, 0.3) is 5.91 Å². The molecule has 0 radical (unpaired) electrons. The highest BCUT2D eigenvalue weighted by atomic mass is 19.1. The summed E-state index contributed by atoms with van der Waals surface area (Å²) in [7, 11) is 1.69. The Morgan fingerprint density at radius 2 is 2.00 bits per heavy atom. The summed E-state index contributed by atoms with van der Waals surface area (Å²) < 4.78 is 23.8. The van der Waals surface area contributed by atoms with Gasteiger partial charge in [0.1, 0.15) is 11.6 Å². The fourth-order valence-electron chi connectivity index (χ4n) is 2.82. The number of amides is 1. The summed E-state index contributed by atoms with van der Waals surface area (Å²) in [6.45, 7) is 4.74. The molecule has 23 heavy (non-hydrogen) atoms. The quantitative estimate of drug-likeness (QED) is 0.802. The van der Waals surface area contributed by atoms with Crippen LogP contribution in [0.2, 0.25) is 0 Å². The van der Waals surface area contributed by atoms with E-state index in [1.807, 2.05) is 0 Å². The number of ether oxygens (including phenoxy) is 2. The molecule has 1 aromatic carbocycles. The Bertz CT molecular complexity index is 496. The van der Waals surface area contributed by atoms with E-state index in [0.717, 1.165) is 25.9 Å². The average molecular weight is 324 g/mol. The number of methoxy groups -OCH3 is 1. The van der Waals surface area contributed by atoms with E-state index < -0.39 is 6.10 Å². The first-order valence-corrected chi connectivity index (χ1v) is 7.94. The third-order valence-corrected chi connectivity index (χ3v) is 4.25. The van der Waals surface area contributed by atoms with Gasteiger partial charge in [0.15, 0.2) is 6.10 Å². The van der Waals surface area contributed by atoms with E-state index in [1.165, 1.54) is 24.3 Å². The molecule has 0 aliphatic carbocycles. The van der Waals surface area contributed by atoms with Crippen molar-refractivity contribution in [3.63, 3.8) is 0 Å². The molecule has 0 aromatic heterocycles. The summed E-state index contributed by atoms with van der Waals surface area (Å²) in [4.78, 5) is 12.2. The van der Waals surface area contributed by atoms with E-state index in [1.54, 1.807) is 14.0 Å². The number of carbonyl (C=O) groups is 1. The first kappa shape index (κ1) is 17.7. The van der Waals surface area contributed by atoms with Gasteiger partial charge in [-0.2, -0.15) is 0 Å². The van der Waals surface area contributed by atoms with Crippen LogP contribution < -0.4 is 15.4 Å². The minimum absolute atomic E-state index is 0.0226. The molecule has 1 aromatic rings. The van der Waals surface area contributed by atoms with Crippen molar-refractivity contribution in [1.29, 1.82) is 0 Å². The van der Waals surface area contributed by atoms with E-state index in [9.17, 15) is 9.18 Å². The van der Waals surface area contributed by atoms with Crippen LogP contribution in [0, 0.1) is 11.2 Å². The van der Waals surface area contributed by atoms with Crippen LogP contribution in [0.5, 0.6) is 5.75 Å². The Morgan fingerprint density at radius 3 is 2.61 bits per heavy atom. The predicted octanol–water partition coefficient (Wildman–Crippen LogP) is 1.73. The van der Waals surface area contributed by atoms with Crippen LogP contribution in [-0.2, 0) is 9.53 Å². The minimum atomic E-state index is -0.637. The van der Waals surface area contributed by atoms with E-state index in [-0.39, 0.29) is 17.1 Å². The molecule has 1 amide bonds. The molecule has 1 atom stereocenters. The average Bonchev–Trinajstić information content (AvgIpc) is 2.56. The lowest BCUT2D eigenvalue weighted by molar-refractivity contribution is -0.128. The molecule has 1 saturated heterocycles. The predicted molar refractivity (Wildman–Crippen MR) is 85.9 cm³/mol. The number of hydrogen-bond donors (Lipinski definition) is 2. The summed E-state index contributed by atoms with van der Waals surface area (Å²) in [5.74, 6) is -0.0345. The van der Waals surface area contributed by atoms with Crippen molar-refractivity contribution in [2.75, 3.05) is 33.4 Å². The van der Waals surface area contributed by atoms with Crippen LogP contribution in [0.1, 0.15) is 19.8 Å². The summed E-state index contributed by atoms with van der Waals surface area (Å²) >= 11 is 0. The van der Waals surface area contributed by atoms with Crippen molar-refractivity contribution in [2.24, 2.45) is 5.41 Å². The lowest BCUT2D eigenvalue weighted by Crippen LogP contribution is -2.49. The van der Waals surface area contributed by atoms with Gasteiger partial charge < -0.3 is 20.1 Å². The summed E-state index contributed by atoms with van der Waals surface area (Å²) in [6, 6.07) is 5.64. The van der Waals surface area contributed by atoms with Crippen molar-refractivity contribution in [1.82, 2.24) is 10.6 Å². The number of benzene rings is 1.